The van der Waals surface area contributed by atoms with Gasteiger partial charge in [-0.3, -0.25) is 4.79 Å². The molecule has 7 heteroatoms. The molecular weight excluding hydrogens is 317 g/mol. The lowest BCUT2D eigenvalue weighted by molar-refractivity contribution is 0.0994. The van der Waals surface area contributed by atoms with E-state index in [4.69, 9.17) is 23.2 Å². The van der Waals surface area contributed by atoms with Gasteiger partial charge in [-0.05, 0) is 32.0 Å². The minimum atomic E-state index is -0.309. The van der Waals surface area contributed by atoms with Crippen LogP contribution in [0.2, 0.25) is 10.0 Å². The van der Waals surface area contributed by atoms with Gasteiger partial charge in [0.25, 0.3) is 0 Å². The average Bonchev–Trinajstić information content (AvgIpc) is 2.70. The van der Waals surface area contributed by atoms with Crippen LogP contribution in [0.25, 0.3) is 0 Å². The van der Waals surface area contributed by atoms with Crippen molar-refractivity contribution in [3.05, 3.63) is 39.6 Å². The summed E-state index contributed by atoms with van der Waals surface area (Å²) in [5.41, 5.74) is 0.468. The molecule has 0 N–H and O–H groups in total. The molecule has 20 heavy (non-hydrogen) atoms. The third-order valence-corrected chi connectivity index (χ3v) is 4.58. The Hall–Kier alpha value is -1.04. The van der Waals surface area contributed by atoms with Crippen LogP contribution in [0.4, 0.5) is 0 Å². The molecule has 0 aliphatic rings. The van der Waals surface area contributed by atoms with Crippen molar-refractivity contribution in [1.82, 2.24) is 14.8 Å². The predicted molar refractivity (Wildman–Crippen MR) is 81.9 cm³/mol. The summed E-state index contributed by atoms with van der Waals surface area (Å²) < 4.78 is 1.85. The molecule has 0 aliphatic carbocycles. The largest absolute Gasteiger partial charge is 0.309 e. The van der Waals surface area contributed by atoms with Crippen molar-refractivity contribution in [2.24, 2.45) is 7.05 Å². The monoisotopic (exact) mass is 329 g/mol. The van der Waals surface area contributed by atoms with Crippen molar-refractivity contribution in [3.63, 3.8) is 0 Å². The number of rotatable bonds is 4. The highest BCUT2D eigenvalue weighted by atomic mass is 35.5. The quantitative estimate of drug-likeness (QED) is 0.632. The number of ketones is 1. The van der Waals surface area contributed by atoms with Crippen LogP contribution in [0.5, 0.6) is 0 Å². The summed E-state index contributed by atoms with van der Waals surface area (Å²) >= 11 is 13.2. The fraction of sp³-hybridized carbons (Fsp3) is 0.308. The van der Waals surface area contributed by atoms with E-state index in [0.717, 1.165) is 5.82 Å². The third-order valence-electron chi connectivity index (χ3n) is 2.90. The Labute approximate surface area is 131 Å². The molecule has 2 rings (SSSR count). The number of thioether (sulfide) groups is 1. The molecule has 0 radical (unpaired) electrons. The summed E-state index contributed by atoms with van der Waals surface area (Å²) in [6.07, 6.45) is 0. The maximum Gasteiger partial charge on any atom is 0.191 e. The first kappa shape index (κ1) is 15.4. The van der Waals surface area contributed by atoms with Crippen LogP contribution >= 0.6 is 35.0 Å². The van der Waals surface area contributed by atoms with Gasteiger partial charge >= 0.3 is 0 Å². The smallest absolute Gasteiger partial charge is 0.191 e. The standard InChI is InChI=1S/C13H13Cl2N3OS/c1-7(20-13-17-16-8(2)18(13)3)12(19)10-5-4-9(14)6-11(10)15/h4-7H,1-3H3. The first-order valence-corrected chi connectivity index (χ1v) is 7.55. The lowest BCUT2D eigenvalue weighted by atomic mass is 10.1. The summed E-state index contributed by atoms with van der Waals surface area (Å²) in [7, 11) is 1.87. The minimum absolute atomic E-state index is 0.0580. The Morgan fingerprint density at radius 3 is 2.60 bits per heavy atom. The zero-order valence-corrected chi connectivity index (χ0v) is 13.6. The van der Waals surface area contributed by atoms with Gasteiger partial charge in [0.15, 0.2) is 10.9 Å². The van der Waals surface area contributed by atoms with E-state index in [1.165, 1.54) is 11.8 Å². The molecule has 0 saturated heterocycles. The van der Waals surface area contributed by atoms with Gasteiger partial charge in [0.2, 0.25) is 0 Å². The van der Waals surface area contributed by atoms with E-state index in [2.05, 4.69) is 10.2 Å². The highest BCUT2D eigenvalue weighted by Gasteiger charge is 2.21. The summed E-state index contributed by atoms with van der Waals surface area (Å²) in [6.45, 7) is 3.68. The van der Waals surface area contributed by atoms with Crippen LogP contribution in [0.15, 0.2) is 23.4 Å². The second-order valence-corrected chi connectivity index (χ2v) is 6.49. The number of nitrogens with zero attached hydrogens (tertiary/aromatic N) is 3. The van der Waals surface area contributed by atoms with Gasteiger partial charge in [-0.2, -0.15) is 0 Å². The van der Waals surface area contributed by atoms with Crippen LogP contribution in [-0.4, -0.2) is 25.8 Å². The van der Waals surface area contributed by atoms with Gasteiger partial charge in [-0.25, -0.2) is 0 Å². The van der Waals surface area contributed by atoms with Crippen molar-refractivity contribution in [2.75, 3.05) is 0 Å². The maximum atomic E-state index is 12.4. The van der Waals surface area contributed by atoms with E-state index in [1.54, 1.807) is 18.2 Å². The molecule has 1 heterocycles. The fourth-order valence-corrected chi connectivity index (χ4v) is 3.04. The molecule has 0 fully saturated rings. The van der Waals surface area contributed by atoms with Gasteiger partial charge in [0.05, 0.1) is 10.3 Å². The molecule has 1 unspecified atom stereocenters. The van der Waals surface area contributed by atoms with E-state index in [0.29, 0.717) is 20.8 Å². The van der Waals surface area contributed by atoms with E-state index in [9.17, 15) is 4.79 Å². The normalized spacial score (nSPS) is 12.4. The SMILES string of the molecule is Cc1nnc(SC(C)C(=O)c2ccc(Cl)cc2Cl)n1C. The molecule has 2 aromatic rings. The lowest BCUT2D eigenvalue weighted by Crippen LogP contribution is -2.15. The van der Waals surface area contributed by atoms with Gasteiger partial charge in [-0.1, -0.05) is 35.0 Å². The van der Waals surface area contributed by atoms with Crippen molar-refractivity contribution in [1.29, 1.82) is 0 Å². The molecular formula is C13H13Cl2N3OS. The molecule has 0 amide bonds. The molecule has 1 atom stereocenters. The Kier molecular flexibility index (Phi) is 4.73. The van der Waals surface area contributed by atoms with Crippen LogP contribution in [0.1, 0.15) is 23.1 Å². The number of hydrogen-bond acceptors (Lipinski definition) is 4. The van der Waals surface area contributed by atoms with Crippen molar-refractivity contribution in [2.45, 2.75) is 24.3 Å². The molecule has 1 aromatic heterocycles. The number of hydrogen-bond donors (Lipinski definition) is 0. The molecule has 0 aliphatic heterocycles. The summed E-state index contributed by atoms with van der Waals surface area (Å²) in [4.78, 5) is 12.4. The van der Waals surface area contributed by atoms with Crippen molar-refractivity contribution < 1.29 is 4.79 Å². The Balaban J connectivity index is 2.18. The number of aromatic nitrogens is 3. The molecule has 1 aromatic carbocycles. The Bertz CT molecular complexity index is 657. The zero-order valence-electron chi connectivity index (χ0n) is 11.2. The van der Waals surface area contributed by atoms with E-state index in [1.807, 2.05) is 25.5 Å². The van der Waals surface area contributed by atoms with Crippen LogP contribution < -0.4 is 0 Å². The number of benzene rings is 1. The van der Waals surface area contributed by atoms with Crippen LogP contribution in [0.3, 0.4) is 0 Å². The first-order valence-electron chi connectivity index (χ1n) is 5.92. The van der Waals surface area contributed by atoms with E-state index < -0.39 is 0 Å². The van der Waals surface area contributed by atoms with Gasteiger partial charge in [0.1, 0.15) is 5.82 Å². The summed E-state index contributed by atoms with van der Waals surface area (Å²) in [5.74, 6) is 0.744. The highest BCUT2D eigenvalue weighted by Crippen LogP contribution is 2.28. The van der Waals surface area contributed by atoms with Crippen molar-refractivity contribution in [3.8, 4) is 0 Å². The summed E-state index contributed by atoms with van der Waals surface area (Å²) in [5, 5.41) is 9.27. The third kappa shape index (κ3) is 3.16. The fourth-order valence-electron chi connectivity index (χ4n) is 1.61. The molecule has 106 valence electrons. The topological polar surface area (TPSA) is 47.8 Å². The number of carbonyl (C=O) groups excluding carboxylic acids is 1. The zero-order chi connectivity index (χ0) is 14.9. The number of halogens is 2. The maximum absolute atomic E-state index is 12.4. The van der Waals surface area contributed by atoms with Gasteiger partial charge < -0.3 is 4.57 Å². The van der Waals surface area contributed by atoms with Crippen LogP contribution in [-0.2, 0) is 7.05 Å². The number of aryl methyl sites for hydroxylation is 1. The van der Waals surface area contributed by atoms with E-state index >= 15 is 0 Å². The second-order valence-electron chi connectivity index (χ2n) is 4.34. The second kappa shape index (κ2) is 6.16. The molecule has 0 spiro atoms. The minimum Gasteiger partial charge on any atom is -0.309 e. The summed E-state index contributed by atoms with van der Waals surface area (Å²) in [6, 6.07) is 4.87. The average molecular weight is 330 g/mol. The van der Waals surface area contributed by atoms with E-state index in [-0.39, 0.29) is 11.0 Å². The highest BCUT2D eigenvalue weighted by molar-refractivity contribution is 8.00. The lowest BCUT2D eigenvalue weighted by Gasteiger charge is -2.11. The Morgan fingerprint density at radius 1 is 1.35 bits per heavy atom. The van der Waals surface area contributed by atoms with Crippen LogP contribution in [0, 0.1) is 6.92 Å². The van der Waals surface area contributed by atoms with Gasteiger partial charge in [-0.15, -0.1) is 10.2 Å². The predicted octanol–water partition coefficient (Wildman–Crippen LogP) is 3.79. The molecule has 4 nitrogen and oxygen atoms in total. The van der Waals surface area contributed by atoms with Gasteiger partial charge in [0, 0.05) is 17.6 Å². The number of Topliss-reactive ketones (excluding diaryl/α,β-unsaturated/α-hetero) is 1. The Morgan fingerprint density at radius 2 is 2.05 bits per heavy atom. The first-order chi connectivity index (χ1) is 9.40. The number of carbonyl (C=O) groups is 1. The molecule has 0 saturated carbocycles. The molecule has 0 bridgehead atoms. The van der Waals surface area contributed by atoms with Crippen molar-refractivity contribution >= 4 is 40.7 Å².